The Kier molecular flexibility index (Phi) is 18.8. The van der Waals surface area contributed by atoms with Crippen molar-refractivity contribution in [2.75, 3.05) is 6.61 Å². The van der Waals surface area contributed by atoms with Gasteiger partial charge in [-0.05, 0) is 25.7 Å². The number of alkyl halides is 2. The number of ether oxygens (including phenoxy) is 3. The Bertz CT molecular complexity index is 976. The second-order valence-corrected chi connectivity index (χ2v) is 16.7. The summed E-state index contributed by atoms with van der Waals surface area (Å²) in [4.78, 5) is 12.7. The van der Waals surface area contributed by atoms with Crippen molar-refractivity contribution in [1.82, 2.24) is 0 Å². The standard InChI is InChI=1S/C38H62F2O6Se/c1-4-5-6-16-25-38(39,40)35(42)24-23-31-30(32(41)27-33(31)46-36-22-15-17-26-44-36)20-13-8-7-9-14-21-34(37(43)45-28(2)3)47-29-18-11-10-12-19-29/h10-12,18-19,28,30-36,41-42H,4-9,13-17,20-27H2,1-3H3. The number of aliphatic hydroxyl groups excluding tert-OH is 2. The van der Waals surface area contributed by atoms with Crippen molar-refractivity contribution in [3.8, 4) is 0 Å². The molecule has 0 amide bonds. The Morgan fingerprint density at radius 3 is 2.40 bits per heavy atom. The van der Waals surface area contributed by atoms with Crippen LogP contribution in [0.2, 0.25) is 4.82 Å². The van der Waals surface area contributed by atoms with Crippen LogP contribution in [-0.2, 0) is 19.0 Å². The van der Waals surface area contributed by atoms with Crippen molar-refractivity contribution in [3.63, 3.8) is 0 Å². The van der Waals surface area contributed by atoms with E-state index in [1.54, 1.807) is 0 Å². The molecule has 2 N–H and O–H groups in total. The molecule has 1 aliphatic carbocycles. The first kappa shape index (κ1) is 40.3. The number of rotatable bonds is 23. The molecule has 6 nitrogen and oxygen atoms in total. The predicted octanol–water partition coefficient (Wildman–Crippen LogP) is 8.14. The van der Waals surface area contributed by atoms with Gasteiger partial charge in [0.05, 0.1) is 0 Å². The van der Waals surface area contributed by atoms with Gasteiger partial charge in [0.1, 0.15) is 6.10 Å². The minimum atomic E-state index is -3.10. The van der Waals surface area contributed by atoms with Crippen molar-refractivity contribution in [3.05, 3.63) is 30.3 Å². The third-order valence-corrected chi connectivity index (χ3v) is 12.4. The summed E-state index contributed by atoms with van der Waals surface area (Å²) < 4.78 is 48.5. The van der Waals surface area contributed by atoms with E-state index in [0.29, 0.717) is 25.9 Å². The summed E-state index contributed by atoms with van der Waals surface area (Å²) in [6, 6.07) is 10.2. The maximum absolute atomic E-state index is 14.8. The number of unbranched alkanes of at least 4 members (excludes halogenated alkanes) is 7. The average molecular weight is 732 g/mol. The summed E-state index contributed by atoms with van der Waals surface area (Å²) in [7, 11) is 0. The van der Waals surface area contributed by atoms with E-state index >= 15 is 0 Å². The van der Waals surface area contributed by atoms with Crippen LogP contribution < -0.4 is 4.46 Å². The molecular weight excluding hydrogens is 669 g/mol. The first-order valence-electron chi connectivity index (χ1n) is 18.5. The second kappa shape index (κ2) is 21.9. The van der Waals surface area contributed by atoms with Crippen molar-refractivity contribution in [2.24, 2.45) is 11.8 Å². The molecule has 3 rings (SSSR count). The minimum absolute atomic E-state index is 0.00489. The van der Waals surface area contributed by atoms with E-state index in [-0.39, 0.29) is 68.9 Å². The molecule has 9 heteroatoms. The molecule has 0 spiro atoms. The molecule has 270 valence electrons. The van der Waals surface area contributed by atoms with Crippen LogP contribution in [0, 0.1) is 11.8 Å². The molecule has 0 bridgehead atoms. The Morgan fingerprint density at radius 1 is 0.979 bits per heavy atom. The maximum atomic E-state index is 14.8. The molecule has 1 heterocycles. The summed E-state index contributed by atoms with van der Waals surface area (Å²) in [5.41, 5.74) is 0. The zero-order valence-corrected chi connectivity index (χ0v) is 30.8. The number of carbonyl (C=O) groups excluding carboxylic acids is 1. The van der Waals surface area contributed by atoms with Crippen LogP contribution in [-0.4, -0.2) is 74.4 Å². The molecule has 7 unspecified atom stereocenters. The van der Waals surface area contributed by atoms with Gasteiger partial charge in [-0.15, -0.1) is 0 Å². The Balaban J connectivity index is 1.48. The first-order chi connectivity index (χ1) is 22.6. The predicted molar refractivity (Wildman–Crippen MR) is 184 cm³/mol. The van der Waals surface area contributed by atoms with Gasteiger partial charge in [-0.2, -0.15) is 0 Å². The molecule has 1 saturated heterocycles. The van der Waals surface area contributed by atoms with E-state index in [1.807, 2.05) is 39.0 Å². The van der Waals surface area contributed by atoms with E-state index in [1.165, 1.54) is 4.46 Å². The van der Waals surface area contributed by atoms with Gasteiger partial charge in [-0.25, -0.2) is 8.78 Å². The van der Waals surface area contributed by atoms with Gasteiger partial charge in [-0.3, -0.25) is 0 Å². The fraction of sp³-hybridized carbons (Fsp3) is 0.816. The first-order valence-corrected chi connectivity index (χ1v) is 20.4. The summed E-state index contributed by atoms with van der Waals surface area (Å²) in [6.45, 7) is 6.49. The summed E-state index contributed by atoms with van der Waals surface area (Å²) in [5.74, 6) is -3.33. The zero-order chi connectivity index (χ0) is 34.1. The zero-order valence-electron chi connectivity index (χ0n) is 29.1. The fourth-order valence-electron chi connectivity index (χ4n) is 7.08. The molecule has 47 heavy (non-hydrogen) atoms. The third-order valence-electron chi connectivity index (χ3n) is 9.72. The van der Waals surface area contributed by atoms with Crippen molar-refractivity contribution < 1.29 is 38.0 Å². The number of benzene rings is 1. The van der Waals surface area contributed by atoms with Crippen LogP contribution in [0.3, 0.4) is 0 Å². The number of hydrogen-bond acceptors (Lipinski definition) is 6. The summed E-state index contributed by atoms with van der Waals surface area (Å²) in [6.07, 6.45) is 10.2. The van der Waals surface area contributed by atoms with Gasteiger partial charge >= 0.3 is 188 Å². The molecule has 1 aliphatic heterocycles. The normalized spacial score (nSPS) is 24.8. The van der Waals surface area contributed by atoms with Crippen molar-refractivity contribution >= 4 is 25.4 Å². The summed E-state index contributed by atoms with van der Waals surface area (Å²) >= 11 is 0.0225. The molecule has 1 aromatic carbocycles. The van der Waals surface area contributed by atoms with Gasteiger partial charge < -0.3 is 9.84 Å². The van der Waals surface area contributed by atoms with Gasteiger partial charge in [-0.1, -0.05) is 26.2 Å². The van der Waals surface area contributed by atoms with Crippen LogP contribution in [0.25, 0.3) is 0 Å². The SMILES string of the molecule is CCCCCCC(F)(F)C(O)CCC1C(OC2CCCCO2)CC(O)C1CCCCCCCC([Se]c1ccccc1)C(=O)OC(C)C. The topological polar surface area (TPSA) is 85.2 Å². The van der Waals surface area contributed by atoms with E-state index in [9.17, 15) is 23.8 Å². The molecule has 1 saturated carbocycles. The molecule has 0 aromatic heterocycles. The monoisotopic (exact) mass is 732 g/mol. The fourth-order valence-corrected chi connectivity index (χ4v) is 9.34. The number of halogens is 2. The Labute approximate surface area is 289 Å². The number of carbonyl (C=O) groups is 1. The van der Waals surface area contributed by atoms with Crippen molar-refractivity contribution in [1.29, 1.82) is 0 Å². The molecule has 2 aliphatic rings. The van der Waals surface area contributed by atoms with Gasteiger partial charge in [0.2, 0.25) is 0 Å². The van der Waals surface area contributed by atoms with Crippen molar-refractivity contribution in [2.45, 2.75) is 178 Å². The van der Waals surface area contributed by atoms with E-state index in [0.717, 1.165) is 83.5 Å². The molecule has 1 aromatic rings. The average Bonchev–Trinajstić information content (AvgIpc) is 3.34. The molecule has 7 atom stereocenters. The van der Waals surface area contributed by atoms with E-state index in [2.05, 4.69) is 12.1 Å². The van der Waals surface area contributed by atoms with E-state index < -0.39 is 18.1 Å². The molecule has 2 fully saturated rings. The number of aliphatic hydroxyl groups is 2. The van der Waals surface area contributed by atoms with Crippen LogP contribution in [0.15, 0.2) is 30.3 Å². The number of esters is 1. The summed E-state index contributed by atoms with van der Waals surface area (Å²) in [5, 5.41) is 21.7. The van der Waals surface area contributed by atoms with Crippen LogP contribution in [0.5, 0.6) is 0 Å². The quantitative estimate of drug-likeness (QED) is 0.0672. The number of hydrogen-bond donors (Lipinski definition) is 2. The third kappa shape index (κ3) is 14.7. The Morgan fingerprint density at radius 2 is 1.70 bits per heavy atom. The Hall–Kier alpha value is -1.09. The van der Waals surface area contributed by atoms with Gasteiger partial charge in [0.15, 0.2) is 6.29 Å². The van der Waals surface area contributed by atoms with Gasteiger partial charge in [0.25, 0.3) is 5.92 Å². The van der Waals surface area contributed by atoms with Crippen LogP contribution in [0.4, 0.5) is 8.78 Å². The van der Waals surface area contributed by atoms with E-state index in [4.69, 9.17) is 14.2 Å². The molecule has 0 radical (unpaired) electrons. The van der Waals surface area contributed by atoms with Crippen LogP contribution in [0.1, 0.15) is 136 Å². The van der Waals surface area contributed by atoms with Gasteiger partial charge in [0, 0.05) is 13.0 Å². The van der Waals surface area contributed by atoms with Crippen LogP contribution >= 0.6 is 0 Å². The second-order valence-electron chi connectivity index (χ2n) is 14.0. The molecular formula is C38H62F2O6Se.